The van der Waals surface area contributed by atoms with Gasteiger partial charge >= 0.3 is 0 Å². The summed E-state index contributed by atoms with van der Waals surface area (Å²) in [5.74, 6) is 0. The topological polar surface area (TPSA) is 44.1 Å². The first-order valence-corrected chi connectivity index (χ1v) is 9.00. The Morgan fingerprint density at radius 2 is 2.08 bits per heavy atom. The molecule has 0 spiro atoms. The smallest absolute Gasteiger partial charge is 0.271 e. The molecule has 24 heavy (non-hydrogen) atoms. The molecule has 1 aliphatic rings. The van der Waals surface area contributed by atoms with Crippen molar-refractivity contribution >= 4 is 33.2 Å². The molecule has 124 valence electrons. The van der Waals surface area contributed by atoms with Crippen LogP contribution in [0.2, 0.25) is 5.02 Å². The Kier molecular flexibility index (Phi) is 3.75. The predicted octanol–water partition coefficient (Wildman–Crippen LogP) is 4.01. The average Bonchev–Trinajstić information content (AvgIpc) is 2.89. The minimum Gasteiger partial charge on any atom is -0.370 e. The van der Waals surface area contributed by atoms with Gasteiger partial charge in [-0.1, -0.05) is 23.7 Å². The molecule has 0 unspecified atom stereocenters. The van der Waals surface area contributed by atoms with E-state index in [2.05, 4.69) is 18.8 Å². The van der Waals surface area contributed by atoms with E-state index in [1.807, 2.05) is 24.3 Å². The normalized spacial score (nSPS) is 16.3. The van der Waals surface area contributed by atoms with E-state index >= 15 is 0 Å². The molecule has 0 N–H and O–H groups in total. The molecule has 0 bridgehead atoms. The molecule has 0 aliphatic carbocycles. The maximum absolute atomic E-state index is 12.8. The standard InChI is InChI=1S/C18H17ClN2O2S/c1-18(2)7-14-13(9-23-18)15-16(24-14)17(22)21(10-20-15)8-11-3-5-12(19)6-4-11/h3-6,10H,7-9H2,1-2H3. The van der Waals surface area contributed by atoms with Crippen molar-refractivity contribution in [2.24, 2.45) is 0 Å². The van der Waals surface area contributed by atoms with Crippen LogP contribution in [0.3, 0.4) is 0 Å². The monoisotopic (exact) mass is 360 g/mol. The van der Waals surface area contributed by atoms with Crippen molar-refractivity contribution in [1.29, 1.82) is 0 Å². The molecule has 4 nitrogen and oxygen atoms in total. The lowest BCUT2D eigenvalue weighted by Gasteiger charge is -2.29. The molecule has 0 saturated heterocycles. The summed E-state index contributed by atoms with van der Waals surface area (Å²) < 4.78 is 8.25. The van der Waals surface area contributed by atoms with Crippen LogP contribution in [0, 0.1) is 0 Å². The number of fused-ring (bicyclic) bond motifs is 3. The van der Waals surface area contributed by atoms with E-state index in [0.717, 1.165) is 27.8 Å². The van der Waals surface area contributed by atoms with Gasteiger partial charge in [-0.2, -0.15) is 0 Å². The van der Waals surface area contributed by atoms with Gasteiger partial charge in [0.15, 0.2) is 0 Å². The van der Waals surface area contributed by atoms with Crippen LogP contribution < -0.4 is 5.56 Å². The SMILES string of the molecule is CC1(C)Cc2sc3c(=O)n(Cc4ccc(Cl)cc4)cnc3c2CO1. The van der Waals surface area contributed by atoms with Crippen LogP contribution in [0.4, 0.5) is 0 Å². The van der Waals surface area contributed by atoms with E-state index in [9.17, 15) is 4.79 Å². The molecule has 0 saturated carbocycles. The van der Waals surface area contributed by atoms with Gasteiger partial charge in [-0.25, -0.2) is 4.98 Å². The lowest BCUT2D eigenvalue weighted by molar-refractivity contribution is -0.0383. The van der Waals surface area contributed by atoms with Crippen molar-refractivity contribution in [2.45, 2.75) is 39.0 Å². The summed E-state index contributed by atoms with van der Waals surface area (Å²) in [7, 11) is 0. The molecule has 4 rings (SSSR count). The summed E-state index contributed by atoms with van der Waals surface area (Å²) in [6.07, 6.45) is 2.45. The third-order valence-corrected chi connectivity index (χ3v) is 5.77. The van der Waals surface area contributed by atoms with Crippen LogP contribution >= 0.6 is 22.9 Å². The average molecular weight is 361 g/mol. The van der Waals surface area contributed by atoms with Crippen molar-refractivity contribution in [1.82, 2.24) is 9.55 Å². The number of halogens is 1. The van der Waals surface area contributed by atoms with Gasteiger partial charge in [0.2, 0.25) is 0 Å². The molecule has 0 amide bonds. The molecule has 0 fully saturated rings. The molecule has 0 atom stereocenters. The number of aromatic nitrogens is 2. The largest absolute Gasteiger partial charge is 0.370 e. The molecular weight excluding hydrogens is 344 g/mol. The van der Waals surface area contributed by atoms with Crippen LogP contribution in [0.5, 0.6) is 0 Å². The van der Waals surface area contributed by atoms with Crippen LogP contribution in [0.25, 0.3) is 10.2 Å². The van der Waals surface area contributed by atoms with Gasteiger partial charge in [0.1, 0.15) is 4.70 Å². The molecule has 3 heterocycles. The van der Waals surface area contributed by atoms with Gasteiger partial charge in [0, 0.05) is 21.9 Å². The maximum Gasteiger partial charge on any atom is 0.271 e. The van der Waals surface area contributed by atoms with Gasteiger partial charge in [0.05, 0.1) is 30.6 Å². The Morgan fingerprint density at radius 1 is 1.33 bits per heavy atom. The van der Waals surface area contributed by atoms with Crippen molar-refractivity contribution in [3.05, 3.63) is 62.0 Å². The third-order valence-electron chi connectivity index (χ3n) is 4.30. The highest BCUT2D eigenvalue weighted by Gasteiger charge is 2.30. The molecular formula is C18H17ClN2O2S. The van der Waals surface area contributed by atoms with Crippen LogP contribution in [-0.4, -0.2) is 15.2 Å². The van der Waals surface area contributed by atoms with E-state index in [0.29, 0.717) is 18.2 Å². The molecule has 1 aromatic carbocycles. The van der Waals surface area contributed by atoms with E-state index in [1.165, 1.54) is 4.88 Å². The number of rotatable bonds is 2. The van der Waals surface area contributed by atoms with Gasteiger partial charge in [-0.3, -0.25) is 9.36 Å². The number of ether oxygens (including phenoxy) is 1. The van der Waals surface area contributed by atoms with Gasteiger partial charge in [0.25, 0.3) is 5.56 Å². The fourth-order valence-corrected chi connectivity index (χ4v) is 4.54. The summed E-state index contributed by atoms with van der Waals surface area (Å²) in [6, 6.07) is 7.51. The summed E-state index contributed by atoms with van der Waals surface area (Å²) in [4.78, 5) is 18.6. The zero-order chi connectivity index (χ0) is 16.9. The maximum atomic E-state index is 12.8. The Hall–Kier alpha value is -1.69. The van der Waals surface area contributed by atoms with Crippen molar-refractivity contribution in [3.8, 4) is 0 Å². The first-order valence-electron chi connectivity index (χ1n) is 7.81. The first-order chi connectivity index (χ1) is 11.4. The highest BCUT2D eigenvalue weighted by atomic mass is 35.5. The summed E-state index contributed by atoms with van der Waals surface area (Å²) >= 11 is 7.47. The quantitative estimate of drug-likeness (QED) is 0.693. The minimum atomic E-state index is -0.184. The van der Waals surface area contributed by atoms with E-state index in [1.54, 1.807) is 22.2 Å². The van der Waals surface area contributed by atoms with E-state index in [-0.39, 0.29) is 11.2 Å². The van der Waals surface area contributed by atoms with Gasteiger partial charge < -0.3 is 4.74 Å². The van der Waals surface area contributed by atoms with Crippen LogP contribution in [-0.2, 0) is 24.3 Å². The summed E-state index contributed by atoms with van der Waals surface area (Å²) in [5, 5.41) is 0.688. The second-order valence-electron chi connectivity index (χ2n) is 6.71. The van der Waals surface area contributed by atoms with Crippen LogP contribution in [0.15, 0.2) is 35.4 Å². The fourth-order valence-electron chi connectivity index (χ4n) is 2.99. The number of thiophene rings is 1. The predicted molar refractivity (Wildman–Crippen MR) is 97.0 cm³/mol. The second-order valence-corrected chi connectivity index (χ2v) is 8.25. The van der Waals surface area contributed by atoms with Crippen LogP contribution in [0.1, 0.15) is 29.9 Å². The Morgan fingerprint density at radius 3 is 2.83 bits per heavy atom. The zero-order valence-electron chi connectivity index (χ0n) is 13.5. The fraction of sp³-hybridized carbons (Fsp3) is 0.333. The number of hydrogen-bond acceptors (Lipinski definition) is 4. The van der Waals surface area contributed by atoms with Crippen molar-refractivity contribution in [2.75, 3.05) is 0 Å². The van der Waals surface area contributed by atoms with Gasteiger partial charge in [-0.05, 0) is 31.5 Å². The minimum absolute atomic E-state index is 0.00663. The second kappa shape index (κ2) is 5.69. The number of benzene rings is 1. The van der Waals surface area contributed by atoms with E-state index < -0.39 is 0 Å². The molecule has 1 aliphatic heterocycles. The molecule has 0 radical (unpaired) electrons. The molecule has 6 heteroatoms. The van der Waals surface area contributed by atoms with Crippen molar-refractivity contribution in [3.63, 3.8) is 0 Å². The molecule has 2 aromatic heterocycles. The highest BCUT2D eigenvalue weighted by molar-refractivity contribution is 7.19. The third kappa shape index (κ3) is 2.77. The van der Waals surface area contributed by atoms with Crippen molar-refractivity contribution < 1.29 is 4.74 Å². The van der Waals surface area contributed by atoms with Gasteiger partial charge in [-0.15, -0.1) is 11.3 Å². The highest BCUT2D eigenvalue weighted by Crippen LogP contribution is 2.36. The number of nitrogens with zero attached hydrogens (tertiary/aromatic N) is 2. The Bertz CT molecular complexity index is 973. The Labute approximate surface area is 148 Å². The Balaban J connectivity index is 1.76. The molecule has 3 aromatic rings. The number of hydrogen-bond donors (Lipinski definition) is 0. The summed E-state index contributed by atoms with van der Waals surface area (Å²) in [6.45, 7) is 5.17. The first kappa shape index (κ1) is 15.8. The summed E-state index contributed by atoms with van der Waals surface area (Å²) in [5.41, 5.74) is 2.71. The lowest BCUT2D eigenvalue weighted by atomic mass is 9.98. The lowest BCUT2D eigenvalue weighted by Crippen LogP contribution is -2.30. The van der Waals surface area contributed by atoms with E-state index in [4.69, 9.17) is 16.3 Å². The zero-order valence-corrected chi connectivity index (χ0v) is 15.1.